The van der Waals surface area contributed by atoms with Crippen molar-refractivity contribution in [2.45, 2.75) is 20.4 Å². The van der Waals surface area contributed by atoms with Crippen molar-refractivity contribution in [1.29, 1.82) is 0 Å². The summed E-state index contributed by atoms with van der Waals surface area (Å²) in [7, 11) is 1.62. The summed E-state index contributed by atoms with van der Waals surface area (Å²) in [6, 6.07) is 8.48. The minimum atomic E-state index is -0.577. The molecule has 0 fully saturated rings. The first-order valence-corrected chi connectivity index (χ1v) is 8.12. The number of nitrogens with zero attached hydrogens (tertiary/aromatic N) is 3. The predicted molar refractivity (Wildman–Crippen MR) is 94.5 cm³/mol. The van der Waals surface area contributed by atoms with E-state index in [1.54, 1.807) is 43.6 Å². The van der Waals surface area contributed by atoms with Gasteiger partial charge < -0.3 is 14.1 Å². The van der Waals surface area contributed by atoms with Gasteiger partial charge in [-0.1, -0.05) is 0 Å². The van der Waals surface area contributed by atoms with E-state index in [-0.39, 0.29) is 12.5 Å². The van der Waals surface area contributed by atoms with Crippen molar-refractivity contribution >= 4 is 22.9 Å². The lowest BCUT2D eigenvalue weighted by Crippen LogP contribution is -2.30. The second-order valence-electron chi connectivity index (χ2n) is 6.00. The van der Waals surface area contributed by atoms with Gasteiger partial charge in [-0.05, 0) is 44.2 Å². The SMILES string of the molecule is Cc1nc2ccc(C(=O)OCC(=O)N(C)Cc3ccco3)cc2nc1C. The molecule has 0 atom stereocenters. The van der Waals surface area contributed by atoms with Gasteiger partial charge in [-0.3, -0.25) is 4.79 Å². The number of amides is 1. The summed E-state index contributed by atoms with van der Waals surface area (Å²) in [5, 5.41) is 0. The predicted octanol–water partition coefficient (Wildman–Crippen LogP) is 2.66. The summed E-state index contributed by atoms with van der Waals surface area (Å²) in [6.07, 6.45) is 1.54. The molecule has 0 unspecified atom stereocenters. The number of furan rings is 1. The number of carbonyl (C=O) groups excluding carboxylic acids is 2. The zero-order valence-electron chi connectivity index (χ0n) is 14.9. The second kappa shape index (κ2) is 7.35. The fourth-order valence-electron chi connectivity index (χ4n) is 2.40. The molecule has 0 aliphatic rings. The van der Waals surface area contributed by atoms with E-state index in [1.807, 2.05) is 13.8 Å². The minimum Gasteiger partial charge on any atom is -0.467 e. The zero-order chi connectivity index (χ0) is 18.7. The molecule has 0 saturated heterocycles. The van der Waals surface area contributed by atoms with Crippen LogP contribution in [-0.2, 0) is 16.1 Å². The number of ether oxygens (including phenoxy) is 1. The number of aromatic nitrogens is 2. The summed E-state index contributed by atoms with van der Waals surface area (Å²) in [4.78, 5) is 34.6. The van der Waals surface area contributed by atoms with Crippen LogP contribution < -0.4 is 0 Å². The third-order valence-electron chi connectivity index (χ3n) is 4.04. The van der Waals surface area contributed by atoms with E-state index < -0.39 is 5.97 Å². The van der Waals surface area contributed by atoms with Crippen LogP contribution in [0.1, 0.15) is 27.5 Å². The van der Waals surface area contributed by atoms with E-state index in [0.29, 0.717) is 28.9 Å². The summed E-state index contributed by atoms with van der Waals surface area (Å²) in [5.41, 5.74) is 3.30. The van der Waals surface area contributed by atoms with Crippen molar-refractivity contribution < 1.29 is 18.7 Å². The Kier molecular flexibility index (Phi) is 4.97. The number of esters is 1. The van der Waals surface area contributed by atoms with Crippen molar-refractivity contribution in [2.24, 2.45) is 0 Å². The standard InChI is InChI=1S/C19H19N3O4/c1-12-13(2)21-17-9-14(6-7-16(17)20-12)19(24)26-11-18(23)22(3)10-15-5-4-8-25-15/h4-9H,10-11H2,1-3H3. The van der Waals surface area contributed by atoms with E-state index in [9.17, 15) is 9.59 Å². The van der Waals surface area contributed by atoms with E-state index in [2.05, 4.69) is 9.97 Å². The van der Waals surface area contributed by atoms with Gasteiger partial charge >= 0.3 is 5.97 Å². The number of fused-ring (bicyclic) bond motifs is 1. The van der Waals surface area contributed by atoms with Crippen molar-refractivity contribution in [3.05, 3.63) is 59.3 Å². The van der Waals surface area contributed by atoms with E-state index in [1.165, 1.54) is 4.90 Å². The molecule has 0 aliphatic carbocycles. The molecule has 1 aromatic carbocycles. The molecule has 134 valence electrons. The number of carbonyl (C=O) groups is 2. The van der Waals surface area contributed by atoms with Gasteiger partial charge in [-0.15, -0.1) is 0 Å². The van der Waals surface area contributed by atoms with Crippen molar-refractivity contribution in [3.63, 3.8) is 0 Å². The number of rotatable bonds is 5. The molecular weight excluding hydrogens is 334 g/mol. The largest absolute Gasteiger partial charge is 0.467 e. The zero-order valence-corrected chi connectivity index (χ0v) is 14.9. The maximum atomic E-state index is 12.2. The first-order valence-electron chi connectivity index (χ1n) is 8.12. The number of aryl methyl sites for hydroxylation is 2. The van der Waals surface area contributed by atoms with Gasteiger partial charge in [0.2, 0.25) is 0 Å². The van der Waals surface area contributed by atoms with Crippen LogP contribution in [0.25, 0.3) is 11.0 Å². The molecule has 0 bridgehead atoms. The molecule has 7 heteroatoms. The molecule has 0 aliphatic heterocycles. The molecule has 0 saturated carbocycles. The van der Waals surface area contributed by atoms with Gasteiger partial charge in [0.05, 0.1) is 40.8 Å². The average molecular weight is 353 g/mol. The Morgan fingerprint density at radius 3 is 2.54 bits per heavy atom. The Balaban J connectivity index is 1.63. The topological polar surface area (TPSA) is 85.5 Å². The van der Waals surface area contributed by atoms with Gasteiger partial charge in [0.15, 0.2) is 6.61 Å². The molecule has 0 N–H and O–H groups in total. The van der Waals surface area contributed by atoms with Crippen LogP contribution in [-0.4, -0.2) is 40.4 Å². The van der Waals surface area contributed by atoms with E-state index >= 15 is 0 Å². The van der Waals surface area contributed by atoms with Gasteiger partial charge in [-0.25, -0.2) is 14.8 Å². The van der Waals surface area contributed by atoms with Crippen molar-refractivity contribution in [3.8, 4) is 0 Å². The Morgan fingerprint density at radius 2 is 1.85 bits per heavy atom. The van der Waals surface area contributed by atoms with Gasteiger partial charge in [0, 0.05) is 7.05 Å². The Morgan fingerprint density at radius 1 is 1.12 bits per heavy atom. The third-order valence-corrected chi connectivity index (χ3v) is 4.04. The van der Waals surface area contributed by atoms with E-state index in [4.69, 9.17) is 9.15 Å². The number of hydrogen-bond acceptors (Lipinski definition) is 6. The molecular formula is C19H19N3O4. The molecule has 3 aromatic rings. The molecule has 0 radical (unpaired) electrons. The van der Waals surface area contributed by atoms with Gasteiger partial charge in [-0.2, -0.15) is 0 Å². The second-order valence-corrected chi connectivity index (χ2v) is 6.00. The highest BCUT2D eigenvalue weighted by atomic mass is 16.5. The number of likely N-dealkylation sites (N-methyl/N-ethyl adjacent to an activating group) is 1. The molecule has 3 rings (SSSR count). The normalized spacial score (nSPS) is 10.7. The fraction of sp³-hybridized carbons (Fsp3) is 0.263. The fourth-order valence-corrected chi connectivity index (χ4v) is 2.40. The molecule has 1 amide bonds. The van der Waals surface area contributed by atoms with E-state index in [0.717, 1.165) is 11.4 Å². The summed E-state index contributed by atoms with van der Waals surface area (Å²) in [5.74, 6) is -0.237. The molecule has 2 aromatic heterocycles. The summed E-state index contributed by atoms with van der Waals surface area (Å²) < 4.78 is 10.3. The molecule has 0 spiro atoms. The van der Waals surface area contributed by atoms with Gasteiger partial charge in [0.25, 0.3) is 5.91 Å². The summed E-state index contributed by atoms with van der Waals surface area (Å²) >= 11 is 0. The lowest BCUT2D eigenvalue weighted by molar-refractivity contribution is -0.133. The van der Waals surface area contributed by atoms with Crippen molar-refractivity contribution in [2.75, 3.05) is 13.7 Å². The van der Waals surface area contributed by atoms with Crippen LogP contribution >= 0.6 is 0 Å². The van der Waals surface area contributed by atoms with Crippen LogP contribution in [0.3, 0.4) is 0 Å². The van der Waals surface area contributed by atoms with Crippen LogP contribution in [0.5, 0.6) is 0 Å². The molecule has 26 heavy (non-hydrogen) atoms. The van der Waals surface area contributed by atoms with Crippen LogP contribution in [0.2, 0.25) is 0 Å². The smallest absolute Gasteiger partial charge is 0.338 e. The van der Waals surface area contributed by atoms with Crippen molar-refractivity contribution in [1.82, 2.24) is 14.9 Å². The Bertz CT molecular complexity index is 951. The van der Waals surface area contributed by atoms with Gasteiger partial charge in [0.1, 0.15) is 5.76 Å². The average Bonchev–Trinajstić information content (AvgIpc) is 3.12. The lowest BCUT2D eigenvalue weighted by atomic mass is 10.2. The highest BCUT2D eigenvalue weighted by molar-refractivity contribution is 5.94. The minimum absolute atomic E-state index is 0.313. The Hall–Kier alpha value is -3.22. The highest BCUT2D eigenvalue weighted by Gasteiger charge is 2.15. The lowest BCUT2D eigenvalue weighted by Gasteiger charge is -2.15. The maximum Gasteiger partial charge on any atom is 0.338 e. The molecule has 7 nitrogen and oxygen atoms in total. The quantitative estimate of drug-likeness (QED) is 0.656. The highest BCUT2D eigenvalue weighted by Crippen LogP contribution is 2.15. The van der Waals surface area contributed by atoms with Crippen LogP contribution in [0, 0.1) is 13.8 Å². The third kappa shape index (κ3) is 3.88. The number of hydrogen-bond donors (Lipinski definition) is 0. The van der Waals surface area contributed by atoms with Crippen LogP contribution in [0.15, 0.2) is 41.0 Å². The molecule has 2 heterocycles. The monoisotopic (exact) mass is 353 g/mol. The number of benzene rings is 1. The van der Waals surface area contributed by atoms with Crippen LogP contribution in [0.4, 0.5) is 0 Å². The maximum absolute atomic E-state index is 12.2. The first-order chi connectivity index (χ1) is 12.4. The first kappa shape index (κ1) is 17.6. The Labute approximate surface area is 150 Å². The summed E-state index contributed by atoms with van der Waals surface area (Å²) in [6.45, 7) is 3.72.